The Morgan fingerprint density at radius 2 is 1.67 bits per heavy atom. The molecule has 154 valence electrons. The van der Waals surface area contributed by atoms with Crippen molar-refractivity contribution < 1.29 is 9.59 Å². The van der Waals surface area contributed by atoms with Crippen molar-refractivity contribution in [3.63, 3.8) is 0 Å². The van der Waals surface area contributed by atoms with Gasteiger partial charge in [0.15, 0.2) is 0 Å². The molecule has 1 heterocycles. The fourth-order valence-corrected chi connectivity index (χ4v) is 3.11. The molecule has 0 aliphatic heterocycles. The lowest BCUT2D eigenvalue weighted by Crippen LogP contribution is -2.32. The van der Waals surface area contributed by atoms with Crippen LogP contribution in [-0.4, -0.2) is 21.6 Å². The van der Waals surface area contributed by atoms with Gasteiger partial charge in [-0.05, 0) is 41.1 Å². The van der Waals surface area contributed by atoms with Crippen LogP contribution in [0.15, 0.2) is 63.9 Å². The number of rotatable bonds is 6. The van der Waals surface area contributed by atoms with E-state index < -0.39 is 11.5 Å². The average Bonchev–Trinajstić information content (AvgIpc) is 2.73. The highest BCUT2D eigenvalue weighted by atomic mass is 79.9. The highest BCUT2D eigenvalue weighted by molar-refractivity contribution is 9.10. The number of nitrogens with zero attached hydrogens (tertiary/aromatic N) is 2. The van der Waals surface area contributed by atoms with Crippen LogP contribution >= 0.6 is 15.9 Å². The molecule has 0 saturated carbocycles. The molecule has 30 heavy (non-hydrogen) atoms. The van der Waals surface area contributed by atoms with Gasteiger partial charge < -0.3 is 10.6 Å². The monoisotopic (exact) mass is 468 g/mol. The van der Waals surface area contributed by atoms with E-state index in [4.69, 9.17) is 0 Å². The predicted molar refractivity (Wildman–Crippen MR) is 120 cm³/mol. The molecule has 0 aliphatic rings. The molecule has 3 rings (SSSR count). The van der Waals surface area contributed by atoms with Gasteiger partial charge in [0.2, 0.25) is 11.8 Å². The van der Waals surface area contributed by atoms with Crippen LogP contribution in [0.5, 0.6) is 0 Å². The molecule has 0 fully saturated rings. The van der Waals surface area contributed by atoms with E-state index in [0.29, 0.717) is 11.4 Å². The number of aryl methyl sites for hydroxylation is 1. The van der Waals surface area contributed by atoms with Crippen molar-refractivity contribution >= 4 is 39.1 Å². The predicted octanol–water partition coefficient (Wildman–Crippen LogP) is 3.97. The summed E-state index contributed by atoms with van der Waals surface area (Å²) in [7, 11) is 0. The van der Waals surface area contributed by atoms with Crippen molar-refractivity contribution in [2.75, 3.05) is 10.6 Å². The maximum Gasteiger partial charge on any atom is 0.291 e. The zero-order valence-corrected chi connectivity index (χ0v) is 18.2. The molecule has 0 saturated heterocycles. The minimum Gasteiger partial charge on any atom is -0.323 e. The molecular weight excluding hydrogens is 448 g/mol. The molecule has 0 radical (unpaired) electrons. The van der Waals surface area contributed by atoms with E-state index in [1.54, 1.807) is 25.1 Å². The van der Waals surface area contributed by atoms with E-state index in [9.17, 15) is 14.4 Å². The molecule has 3 aromatic rings. The molecule has 7 nitrogen and oxygen atoms in total. The van der Waals surface area contributed by atoms with Crippen molar-refractivity contribution in [2.24, 2.45) is 0 Å². The SMILES string of the molecule is CCC(=O)Nc1cc(-c2ccc(C)cc2)nn(CC(=O)Nc2ccccc2Br)c1=O. The fourth-order valence-electron chi connectivity index (χ4n) is 2.73. The van der Waals surface area contributed by atoms with Gasteiger partial charge in [-0.15, -0.1) is 0 Å². The van der Waals surface area contributed by atoms with Crippen LogP contribution in [-0.2, 0) is 16.1 Å². The average molecular weight is 469 g/mol. The number of carbonyl (C=O) groups is 2. The summed E-state index contributed by atoms with van der Waals surface area (Å²) < 4.78 is 1.79. The third kappa shape index (κ3) is 5.21. The van der Waals surface area contributed by atoms with Crippen molar-refractivity contribution in [1.82, 2.24) is 9.78 Å². The zero-order chi connectivity index (χ0) is 21.7. The molecule has 0 spiro atoms. The van der Waals surface area contributed by atoms with Gasteiger partial charge in [-0.1, -0.05) is 48.9 Å². The van der Waals surface area contributed by atoms with E-state index in [2.05, 4.69) is 31.7 Å². The van der Waals surface area contributed by atoms with Crippen LogP contribution in [0, 0.1) is 6.92 Å². The first-order valence-corrected chi connectivity index (χ1v) is 10.2. The molecule has 2 N–H and O–H groups in total. The molecule has 2 amide bonds. The Hall–Kier alpha value is -3.26. The van der Waals surface area contributed by atoms with Gasteiger partial charge in [0, 0.05) is 16.5 Å². The summed E-state index contributed by atoms with van der Waals surface area (Å²) in [6, 6.07) is 16.3. The van der Waals surface area contributed by atoms with Gasteiger partial charge in [-0.3, -0.25) is 14.4 Å². The summed E-state index contributed by atoms with van der Waals surface area (Å²) in [5.74, 6) is -0.706. The highest BCUT2D eigenvalue weighted by Crippen LogP contribution is 2.21. The van der Waals surface area contributed by atoms with E-state index >= 15 is 0 Å². The lowest BCUT2D eigenvalue weighted by molar-refractivity contribution is -0.117. The summed E-state index contributed by atoms with van der Waals surface area (Å²) in [4.78, 5) is 37.2. The summed E-state index contributed by atoms with van der Waals surface area (Å²) in [6.45, 7) is 3.37. The second-order valence-electron chi connectivity index (χ2n) is 6.70. The Balaban J connectivity index is 1.96. The zero-order valence-electron chi connectivity index (χ0n) is 16.6. The topological polar surface area (TPSA) is 93.1 Å². The van der Waals surface area contributed by atoms with Crippen LogP contribution in [0.2, 0.25) is 0 Å². The summed E-state index contributed by atoms with van der Waals surface area (Å²) in [5, 5.41) is 9.70. The quantitative estimate of drug-likeness (QED) is 0.572. The van der Waals surface area contributed by atoms with Gasteiger partial charge in [0.05, 0.1) is 11.4 Å². The maximum absolute atomic E-state index is 12.8. The molecule has 2 aromatic carbocycles. The van der Waals surface area contributed by atoms with E-state index in [1.807, 2.05) is 37.3 Å². The molecule has 0 aliphatic carbocycles. The summed E-state index contributed by atoms with van der Waals surface area (Å²) >= 11 is 3.37. The second-order valence-corrected chi connectivity index (χ2v) is 7.56. The first kappa shape index (κ1) is 21.4. The first-order chi connectivity index (χ1) is 14.4. The number of hydrogen-bond acceptors (Lipinski definition) is 4. The third-order valence-electron chi connectivity index (χ3n) is 4.36. The van der Waals surface area contributed by atoms with Crippen LogP contribution in [0.25, 0.3) is 11.3 Å². The van der Waals surface area contributed by atoms with Crippen molar-refractivity contribution in [3.05, 3.63) is 75.0 Å². The van der Waals surface area contributed by atoms with Crippen LogP contribution in [0.4, 0.5) is 11.4 Å². The Morgan fingerprint density at radius 3 is 2.33 bits per heavy atom. The van der Waals surface area contributed by atoms with E-state index in [1.165, 1.54) is 6.07 Å². The Bertz CT molecular complexity index is 1140. The second kappa shape index (κ2) is 9.49. The number of aromatic nitrogens is 2. The van der Waals surface area contributed by atoms with Gasteiger partial charge >= 0.3 is 0 Å². The molecule has 0 bridgehead atoms. The maximum atomic E-state index is 12.8. The molecular formula is C22H21BrN4O3. The van der Waals surface area contributed by atoms with E-state index in [-0.39, 0.29) is 24.6 Å². The highest BCUT2D eigenvalue weighted by Gasteiger charge is 2.15. The smallest absolute Gasteiger partial charge is 0.291 e. The number of carbonyl (C=O) groups excluding carboxylic acids is 2. The molecule has 1 aromatic heterocycles. The third-order valence-corrected chi connectivity index (χ3v) is 5.05. The van der Waals surface area contributed by atoms with Crippen LogP contribution < -0.4 is 16.2 Å². The summed E-state index contributed by atoms with van der Waals surface area (Å²) in [5.41, 5.74) is 2.46. The summed E-state index contributed by atoms with van der Waals surface area (Å²) in [6.07, 6.45) is 0.226. The number of anilines is 2. The molecule has 0 atom stereocenters. The van der Waals surface area contributed by atoms with E-state index in [0.717, 1.165) is 20.3 Å². The van der Waals surface area contributed by atoms with Gasteiger partial charge in [0.1, 0.15) is 12.2 Å². The Kier molecular flexibility index (Phi) is 6.79. The number of amides is 2. The van der Waals surface area contributed by atoms with Crippen molar-refractivity contribution in [3.8, 4) is 11.3 Å². The number of halogens is 1. The fraction of sp³-hybridized carbons (Fsp3) is 0.182. The Labute approximate surface area is 182 Å². The largest absolute Gasteiger partial charge is 0.323 e. The first-order valence-electron chi connectivity index (χ1n) is 9.41. The minimum atomic E-state index is -0.546. The number of benzene rings is 2. The number of hydrogen-bond donors (Lipinski definition) is 2. The molecule has 8 heteroatoms. The minimum absolute atomic E-state index is 0.0844. The van der Waals surface area contributed by atoms with Crippen molar-refractivity contribution in [1.29, 1.82) is 0 Å². The lowest BCUT2D eigenvalue weighted by Gasteiger charge is -2.12. The van der Waals surface area contributed by atoms with Gasteiger partial charge in [-0.25, -0.2) is 4.68 Å². The molecule has 0 unspecified atom stereocenters. The number of para-hydroxylation sites is 1. The van der Waals surface area contributed by atoms with Gasteiger partial charge in [0.25, 0.3) is 5.56 Å². The van der Waals surface area contributed by atoms with Crippen LogP contribution in [0.3, 0.4) is 0 Å². The number of nitrogens with one attached hydrogen (secondary N) is 2. The Morgan fingerprint density at radius 1 is 1.00 bits per heavy atom. The normalized spacial score (nSPS) is 10.5. The van der Waals surface area contributed by atoms with Crippen molar-refractivity contribution in [2.45, 2.75) is 26.8 Å². The lowest BCUT2D eigenvalue weighted by atomic mass is 10.1. The standard InChI is InChI=1S/C22H21BrN4O3/c1-3-20(28)25-19-12-18(15-10-8-14(2)9-11-15)26-27(22(19)30)13-21(29)24-17-7-5-4-6-16(17)23/h4-12H,3,13H2,1-2H3,(H,24,29)(H,25,28). The van der Waals surface area contributed by atoms with Crippen LogP contribution in [0.1, 0.15) is 18.9 Å². The van der Waals surface area contributed by atoms with Gasteiger partial charge in [-0.2, -0.15) is 5.10 Å².